The summed E-state index contributed by atoms with van der Waals surface area (Å²) in [6, 6.07) is 5.85. The quantitative estimate of drug-likeness (QED) is 0.152. The Kier molecular flexibility index (Phi) is 8.83. The number of carbonyl (C=O) groups excluding carboxylic acids is 4. The Morgan fingerprint density at radius 1 is 0.787 bits per heavy atom. The molecule has 14 nitrogen and oxygen atoms in total. The molecule has 0 unspecified atom stereocenters. The van der Waals surface area contributed by atoms with Gasteiger partial charge in [-0.2, -0.15) is 0 Å². The Morgan fingerprint density at radius 3 is 1.70 bits per heavy atom. The molecule has 47 heavy (non-hydrogen) atoms. The minimum Gasteiger partial charge on any atom is -0.506 e. The molecule has 0 radical (unpaired) electrons. The molecule has 0 bridgehead atoms. The van der Waals surface area contributed by atoms with Crippen LogP contribution < -0.4 is 26.8 Å². The number of nitrogens with one attached hydrogen (secondary N) is 2. The Bertz CT molecular complexity index is 1910. The number of nitrogens with zero attached hydrogens (tertiary/aromatic N) is 4. The Hall–Kier alpha value is -5.40. The van der Waals surface area contributed by atoms with E-state index in [0.29, 0.717) is 33.8 Å². The van der Waals surface area contributed by atoms with Crippen molar-refractivity contribution in [3.8, 4) is 11.5 Å². The smallest absolute Gasteiger partial charge is 0.248 e. The molecular formula is C33H38N8O6. The first-order valence-corrected chi connectivity index (χ1v) is 15.8. The second kappa shape index (κ2) is 13.1. The summed E-state index contributed by atoms with van der Waals surface area (Å²) in [4.78, 5) is 59.2. The summed E-state index contributed by atoms with van der Waals surface area (Å²) < 4.78 is 9.05. The van der Waals surface area contributed by atoms with E-state index in [1.807, 2.05) is 12.2 Å². The molecule has 0 spiro atoms. The standard InChI is InChI=1S/C33H38N8O6/c1-47-25-17-21(29(35)44)15-23-27(25)41(33(37-23)39-31(46)19-10-4-5-11-19)13-7-6-12-40-26-22(14-20(28(34)43)16-24(26)42)36-32(40)38-30(45)18-8-2-3-9-18/h6-7,14-19,42H,2-5,8-13H2,1H3,(H2,34,43)(H2,35,44)(H,36,38,45)(H,37,39,46)/b7-6+. The summed E-state index contributed by atoms with van der Waals surface area (Å²) in [5.41, 5.74) is 13.0. The van der Waals surface area contributed by atoms with Crippen LogP contribution in [0.3, 0.4) is 0 Å². The van der Waals surface area contributed by atoms with Gasteiger partial charge in [0.2, 0.25) is 35.5 Å². The van der Waals surface area contributed by atoms with Gasteiger partial charge in [0.15, 0.2) is 0 Å². The number of aromatic hydroxyl groups is 1. The summed E-state index contributed by atoms with van der Waals surface area (Å²) in [6.45, 7) is 0.441. The zero-order chi connectivity index (χ0) is 33.2. The van der Waals surface area contributed by atoms with Crippen molar-refractivity contribution in [2.75, 3.05) is 17.7 Å². The Morgan fingerprint density at radius 2 is 1.23 bits per heavy atom. The molecule has 7 N–H and O–H groups in total. The number of hydrogen-bond donors (Lipinski definition) is 5. The number of primary amides is 2. The fourth-order valence-corrected chi connectivity index (χ4v) is 6.62. The van der Waals surface area contributed by atoms with Crippen LogP contribution in [-0.4, -0.2) is 54.9 Å². The molecule has 246 valence electrons. The van der Waals surface area contributed by atoms with E-state index in [4.69, 9.17) is 16.2 Å². The molecule has 2 heterocycles. The highest BCUT2D eigenvalue weighted by atomic mass is 16.5. The van der Waals surface area contributed by atoms with Crippen molar-refractivity contribution in [1.29, 1.82) is 0 Å². The minimum atomic E-state index is -0.713. The first-order chi connectivity index (χ1) is 22.6. The molecule has 4 amide bonds. The van der Waals surface area contributed by atoms with Gasteiger partial charge in [0.05, 0.1) is 18.1 Å². The SMILES string of the molecule is COc1cc(C(N)=O)cc2nc(NC(=O)C3CCCC3)n(C/C=C/Cn3c(NC(=O)C4CCCC4)nc4cc(C(N)=O)cc(O)c43)c12. The van der Waals surface area contributed by atoms with E-state index in [-0.39, 0.29) is 59.6 Å². The molecular weight excluding hydrogens is 604 g/mol. The van der Waals surface area contributed by atoms with Gasteiger partial charge in [0.1, 0.15) is 22.5 Å². The van der Waals surface area contributed by atoms with Crippen LogP contribution in [0.4, 0.5) is 11.9 Å². The number of fused-ring (bicyclic) bond motifs is 2. The van der Waals surface area contributed by atoms with E-state index in [1.54, 1.807) is 15.2 Å². The molecule has 0 atom stereocenters. The van der Waals surface area contributed by atoms with Crippen molar-refractivity contribution in [2.24, 2.45) is 23.3 Å². The van der Waals surface area contributed by atoms with Gasteiger partial charge in [0, 0.05) is 36.1 Å². The average molecular weight is 643 g/mol. The number of rotatable bonds is 11. The Labute approximate surface area is 270 Å². The Balaban J connectivity index is 1.34. The van der Waals surface area contributed by atoms with E-state index in [2.05, 4.69) is 20.6 Å². The third kappa shape index (κ3) is 6.35. The molecule has 2 fully saturated rings. The minimum absolute atomic E-state index is 0.0940. The summed E-state index contributed by atoms with van der Waals surface area (Å²) in [5.74, 6) is -1.13. The number of nitrogens with two attached hydrogens (primary N) is 2. The number of benzene rings is 2. The van der Waals surface area contributed by atoms with Crippen molar-refractivity contribution >= 4 is 57.6 Å². The predicted octanol–water partition coefficient (Wildman–Crippen LogP) is 3.81. The van der Waals surface area contributed by atoms with Crippen LogP contribution in [-0.2, 0) is 22.7 Å². The fourth-order valence-electron chi connectivity index (χ4n) is 6.62. The number of aromatic nitrogens is 4. The van der Waals surface area contributed by atoms with Crippen LogP contribution in [0.2, 0.25) is 0 Å². The predicted molar refractivity (Wildman–Crippen MR) is 175 cm³/mol. The highest BCUT2D eigenvalue weighted by Crippen LogP contribution is 2.34. The summed E-state index contributed by atoms with van der Waals surface area (Å²) in [5, 5.41) is 16.8. The highest BCUT2D eigenvalue weighted by Gasteiger charge is 2.27. The van der Waals surface area contributed by atoms with E-state index >= 15 is 0 Å². The molecule has 0 saturated heterocycles. The van der Waals surface area contributed by atoms with Crippen molar-refractivity contribution < 1.29 is 29.0 Å². The lowest BCUT2D eigenvalue weighted by molar-refractivity contribution is -0.120. The maximum Gasteiger partial charge on any atom is 0.248 e. The largest absolute Gasteiger partial charge is 0.506 e. The zero-order valence-electron chi connectivity index (χ0n) is 26.1. The molecule has 14 heteroatoms. The van der Waals surface area contributed by atoms with Crippen LogP contribution in [0.1, 0.15) is 72.1 Å². The van der Waals surface area contributed by atoms with Gasteiger partial charge < -0.3 is 30.4 Å². The lowest BCUT2D eigenvalue weighted by Crippen LogP contribution is -2.22. The summed E-state index contributed by atoms with van der Waals surface area (Å²) in [6.07, 6.45) is 10.9. The first kappa shape index (κ1) is 31.6. The van der Waals surface area contributed by atoms with Gasteiger partial charge in [0.25, 0.3) is 0 Å². The number of phenolic OH excluding ortho intramolecular Hbond substituents is 1. The summed E-state index contributed by atoms with van der Waals surface area (Å²) >= 11 is 0. The van der Waals surface area contributed by atoms with E-state index in [1.165, 1.54) is 25.3 Å². The van der Waals surface area contributed by atoms with E-state index < -0.39 is 11.8 Å². The van der Waals surface area contributed by atoms with E-state index in [9.17, 15) is 24.3 Å². The number of hydrogen-bond acceptors (Lipinski definition) is 8. The molecule has 2 aliphatic rings. The van der Waals surface area contributed by atoms with Gasteiger partial charge >= 0.3 is 0 Å². The second-order valence-electron chi connectivity index (χ2n) is 12.1. The number of imidazole rings is 2. The fraction of sp³-hybridized carbons (Fsp3) is 0.394. The number of amides is 4. The van der Waals surface area contributed by atoms with Crippen molar-refractivity contribution in [1.82, 2.24) is 19.1 Å². The van der Waals surface area contributed by atoms with Gasteiger partial charge in [-0.05, 0) is 49.9 Å². The van der Waals surface area contributed by atoms with Crippen molar-refractivity contribution in [3.63, 3.8) is 0 Å². The number of ether oxygens (including phenoxy) is 1. The normalized spacial score (nSPS) is 15.6. The lowest BCUT2D eigenvalue weighted by Gasteiger charge is -2.13. The number of carbonyl (C=O) groups is 4. The van der Waals surface area contributed by atoms with Crippen LogP contribution in [0.25, 0.3) is 22.1 Å². The third-order valence-corrected chi connectivity index (χ3v) is 9.08. The van der Waals surface area contributed by atoms with Gasteiger partial charge in [-0.25, -0.2) is 9.97 Å². The number of anilines is 2. The molecule has 4 aromatic rings. The van der Waals surface area contributed by atoms with Gasteiger partial charge in [-0.1, -0.05) is 37.8 Å². The molecule has 6 rings (SSSR count). The monoisotopic (exact) mass is 642 g/mol. The topological polar surface area (TPSA) is 209 Å². The number of methoxy groups -OCH3 is 1. The molecule has 2 saturated carbocycles. The van der Waals surface area contributed by atoms with Crippen LogP contribution in [0.5, 0.6) is 11.5 Å². The maximum absolute atomic E-state index is 13.1. The highest BCUT2D eigenvalue weighted by molar-refractivity contribution is 6.01. The maximum atomic E-state index is 13.1. The van der Waals surface area contributed by atoms with E-state index in [0.717, 1.165) is 51.4 Å². The first-order valence-electron chi connectivity index (χ1n) is 15.8. The van der Waals surface area contributed by atoms with Gasteiger partial charge in [-0.15, -0.1) is 0 Å². The summed E-state index contributed by atoms with van der Waals surface area (Å²) in [7, 11) is 1.48. The lowest BCUT2D eigenvalue weighted by atomic mass is 10.1. The zero-order valence-corrected chi connectivity index (χ0v) is 26.1. The van der Waals surface area contributed by atoms with Crippen molar-refractivity contribution in [3.05, 3.63) is 47.5 Å². The number of allylic oxidation sites excluding steroid dienone is 2. The molecule has 0 aliphatic heterocycles. The van der Waals surface area contributed by atoms with Crippen LogP contribution in [0.15, 0.2) is 36.4 Å². The molecule has 2 aromatic carbocycles. The van der Waals surface area contributed by atoms with Crippen LogP contribution in [0, 0.1) is 11.8 Å². The second-order valence-corrected chi connectivity index (χ2v) is 12.1. The molecule has 2 aliphatic carbocycles. The molecule has 2 aromatic heterocycles. The van der Waals surface area contributed by atoms with Gasteiger partial charge in [-0.3, -0.25) is 29.8 Å². The third-order valence-electron chi connectivity index (χ3n) is 9.08. The number of phenols is 1. The van der Waals surface area contributed by atoms with Crippen LogP contribution >= 0.6 is 0 Å². The average Bonchev–Trinajstić information content (AvgIpc) is 3.86. The van der Waals surface area contributed by atoms with Crippen molar-refractivity contribution in [2.45, 2.75) is 64.5 Å².